The first-order valence-corrected chi connectivity index (χ1v) is 8.38. The van der Waals surface area contributed by atoms with Crippen molar-refractivity contribution >= 4 is 16.0 Å². The molecule has 1 N–H and O–H groups in total. The Bertz CT molecular complexity index is 632. The Morgan fingerprint density at radius 3 is 2.67 bits per heavy atom. The van der Waals surface area contributed by atoms with Gasteiger partial charge in [-0.2, -0.15) is 4.31 Å². The van der Waals surface area contributed by atoms with Crippen LogP contribution < -0.4 is 0 Å². The largest absolute Gasteiger partial charge is 0.481 e. The maximum Gasteiger partial charge on any atom is 0.307 e. The minimum Gasteiger partial charge on any atom is -0.481 e. The first kappa shape index (κ1) is 15.9. The van der Waals surface area contributed by atoms with Gasteiger partial charge in [-0.1, -0.05) is 18.2 Å². The van der Waals surface area contributed by atoms with Crippen LogP contribution in [-0.4, -0.2) is 36.4 Å². The zero-order valence-corrected chi connectivity index (χ0v) is 12.5. The molecule has 0 bridgehead atoms. The molecule has 0 aliphatic carbocycles. The van der Waals surface area contributed by atoms with E-state index in [2.05, 4.69) is 0 Å². The number of benzene rings is 1. The van der Waals surface area contributed by atoms with E-state index >= 15 is 0 Å². The standard InChI is InChI=1S/C14H18FNO4S/c1-10-6-7-11(14(17)18)8-16(10)21(19,20)9-12-4-2-3-5-13(12)15/h2-5,10-11H,6-9H2,1H3,(H,17,18). The van der Waals surface area contributed by atoms with Crippen molar-refractivity contribution in [3.8, 4) is 0 Å². The third-order valence-electron chi connectivity index (χ3n) is 3.83. The minimum absolute atomic E-state index is 0.0483. The molecule has 0 amide bonds. The van der Waals surface area contributed by atoms with Gasteiger partial charge in [0.15, 0.2) is 0 Å². The quantitative estimate of drug-likeness (QED) is 0.920. The molecule has 1 fully saturated rings. The lowest BCUT2D eigenvalue weighted by atomic mass is 9.96. The maximum absolute atomic E-state index is 13.6. The molecule has 5 nitrogen and oxygen atoms in total. The van der Waals surface area contributed by atoms with E-state index < -0.39 is 33.5 Å². The summed E-state index contributed by atoms with van der Waals surface area (Å²) < 4.78 is 39.7. The highest BCUT2D eigenvalue weighted by molar-refractivity contribution is 7.88. The number of aliphatic carboxylic acids is 1. The third kappa shape index (κ3) is 3.59. The molecule has 7 heteroatoms. The highest BCUT2D eigenvalue weighted by Crippen LogP contribution is 2.26. The topological polar surface area (TPSA) is 74.7 Å². The molecule has 2 rings (SSSR count). The molecule has 0 spiro atoms. The van der Waals surface area contributed by atoms with E-state index in [1.165, 1.54) is 22.5 Å². The number of piperidine rings is 1. The van der Waals surface area contributed by atoms with E-state index in [4.69, 9.17) is 5.11 Å². The van der Waals surface area contributed by atoms with Crippen LogP contribution in [0.15, 0.2) is 24.3 Å². The van der Waals surface area contributed by atoms with Crippen LogP contribution >= 0.6 is 0 Å². The Kier molecular flexibility index (Phi) is 4.63. The number of carboxylic acids is 1. The Hall–Kier alpha value is -1.47. The van der Waals surface area contributed by atoms with Crippen molar-refractivity contribution in [2.24, 2.45) is 5.92 Å². The number of halogens is 1. The molecule has 2 unspecified atom stereocenters. The van der Waals surface area contributed by atoms with Crippen LogP contribution in [0.25, 0.3) is 0 Å². The number of hydrogen-bond acceptors (Lipinski definition) is 3. The fraction of sp³-hybridized carbons (Fsp3) is 0.500. The van der Waals surface area contributed by atoms with Gasteiger partial charge in [0.1, 0.15) is 5.82 Å². The predicted molar refractivity (Wildman–Crippen MR) is 75.6 cm³/mol. The molecule has 0 radical (unpaired) electrons. The van der Waals surface area contributed by atoms with Crippen LogP contribution in [0.2, 0.25) is 0 Å². The summed E-state index contributed by atoms with van der Waals surface area (Å²) in [6, 6.07) is 5.45. The first-order valence-electron chi connectivity index (χ1n) is 6.77. The predicted octanol–water partition coefficient (Wildman–Crippen LogP) is 1.84. The van der Waals surface area contributed by atoms with E-state index in [1.54, 1.807) is 13.0 Å². The van der Waals surface area contributed by atoms with Crippen molar-refractivity contribution in [2.75, 3.05) is 6.54 Å². The SMILES string of the molecule is CC1CCC(C(=O)O)CN1S(=O)(=O)Cc1ccccc1F. The minimum atomic E-state index is -3.74. The molecule has 1 aromatic carbocycles. The molecule has 116 valence electrons. The molecular weight excluding hydrogens is 297 g/mol. The second-order valence-electron chi connectivity index (χ2n) is 5.38. The smallest absolute Gasteiger partial charge is 0.307 e. The van der Waals surface area contributed by atoms with E-state index in [1.807, 2.05) is 0 Å². The molecule has 0 aromatic heterocycles. The van der Waals surface area contributed by atoms with Crippen molar-refractivity contribution < 1.29 is 22.7 Å². The van der Waals surface area contributed by atoms with Gasteiger partial charge < -0.3 is 5.11 Å². The fourth-order valence-electron chi connectivity index (χ4n) is 2.56. The van der Waals surface area contributed by atoms with Gasteiger partial charge in [-0.25, -0.2) is 12.8 Å². The lowest BCUT2D eigenvalue weighted by molar-refractivity contribution is -0.143. The van der Waals surface area contributed by atoms with E-state index in [0.717, 1.165) is 0 Å². The second-order valence-corrected chi connectivity index (χ2v) is 7.30. The van der Waals surface area contributed by atoms with E-state index in [-0.39, 0.29) is 18.2 Å². The number of sulfonamides is 1. The number of carbonyl (C=O) groups is 1. The monoisotopic (exact) mass is 315 g/mol. The van der Waals surface area contributed by atoms with Crippen molar-refractivity contribution in [3.05, 3.63) is 35.6 Å². The highest BCUT2D eigenvalue weighted by atomic mass is 32.2. The average molecular weight is 315 g/mol. The normalized spacial score (nSPS) is 23.9. The molecule has 1 saturated heterocycles. The maximum atomic E-state index is 13.6. The van der Waals surface area contributed by atoms with Gasteiger partial charge in [0.05, 0.1) is 11.7 Å². The summed E-state index contributed by atoms with van der Waals surface area (Å²) in [6.45, 7) is 1.70. The Morgan fingerprint density at radius 1 is 1.38 bits per heavy atom. The third-order valence-corrected chi connectivity index (χ3v) is 5.73. The van der Waals surface area contributed by atoms with Crippen LogP contribution in [-0.2, 0) is 20.6 Å². The lowest BCUT2D eigenvalue weighted by Gasteiger charge is -2.35. The molecule has 0 saturated carbocycles. The average Bonchev–Trinajstić information content (AvgIpc) is 2.41. The lowest BCUT2D eigenvalue weighted by Crippen LogP contribution is -2.47. The Balaban J connectivity index is 2.21. The molecule has 21 heavy (non-hydrogen) atoms. The Morgan fingerprint density at radius 2 is 2.05 bits per heavy atom. The zero-order chi connectivity index (χ0) is 15.6. The first-order chi connectivity index (χ1) is 9.81. The number of carboxylic acid groups (broad SMARTS) is 1. The summed E-state index contributed by atoms with van der Waals surface area (Å²) in [7, 11) is -3.74. The van der Waals surface area contributed by atoms with Crippen molar-refractivity contribution in [1.29, 1.82) is 0 Å². The summed E-state index contributed by atoms with van der Waals surface area (Å²) in [5, 5.41) is 9.06. The second kappa shape index (κ2) is 6.11. The molecule has 2 atom stereocenters. The van der Waals surface area contributed by atoms with Crippen molar-refractivity contribution in [3.63, 3.8) is 0 Å². The Labute approximate surface area is 123 Å². The molecule has 1 heterocycles. The van der Waals surface area contributed by atoms with Crippen LogP contribution in [0, 0.1) is 11.7 Å². The zero-order valence-electron chi connectivity index (χ0n) is 11.7. The number of nitrogens with zero attached hydrogens (tertiary/aromatic N) is 1. The summed E-state index contributed by atoms with van der Waals surface area (Å²) in [5.74, 6) is -2.71. The van der Waals surface area contributed by atoms with Gasteiger partial charge in [-0.3, -0.25) is 4.79 Å². The van der Waals surface area contributed by atoms with E-state index in [0.29, 0.717) is 12.8 Å². The van der Waals surface area contributed by atoms with E-state index in [9.17, 15) is 17.6 Å². The van der Waals surface area contributed by atoms with Gasteiger partial charge >= 0.3 is 5.97 Å². The van der Waals surface area contributed by atoms with Crippen LogP contribution in [0.4, 0.5) is 4.39 Å². The highest BCUT2D eigenvalue weighted by Gasteiger charge is 2.36. The van der Waals surface area contributed by atoms with Crippen molar-refractivity contribution in [1.82, 2.24) is 4.31 Å². The summed E-state index contributed by atoms with van der Waals surface area (Å²) in [5.41, 5.74) is 0.0992. The number of rotatable bonds is 4. The summed E-state index contributed by atoms with van der Waals surface area (Å²) >= 11 is 0. The summed E-state index contributed by atoms with van der Waals surface area (Å²) in [6.07, 6.45) is 0.954. The van der Waals surface area contributed by atoms with Crippen LogP contribution in [0.3, 0.4) is 0 Å². The van der Waals surface area contributed by atoms with Gasteiger partial charge in [0.25, 0.3) is 0 Å². The molecular formula is C14H18FNO4S. The molecule has 1 aromatic rings. The number of hydrogen-bond donors (Lipinski definition) is 1. The van der Waals surface area contributed by atoms with Crippen molar-refractivity contribution in [2.45, 2.75) is 31.6 Å². The fourth-order valence-corrected chi connectivity index (χ4v) is 4.41. The van der Waals surface area contributed by atoms with Gasteiger partial charge in [-0.15, -0.1) is 0 Å². The van der Waals surface area contributed by atoms with Crippen LogP contribution in [0.1, 0.15) is 25.3 Å². The van der Waals surface area contributed by atoms with Gasteiger partial charge in [-0.05, 0) is 25.8 Å². The molecule has 1 aliphatic heterocycles. The summed E-state index contributed by atoms with van der Waals surface area (Å²) in [4.78, 5) is 11.1. The van der Waals surface area contributed by atoms with Gasteiger partial charge in [0.2, 0.25) is 10.0 Å². The molecule has 1 aliphatic rings. The van der Waals surface area contributed by atoms with Gasteiger partial charge in [0, 0.05) is 18.2 Å². The van der Waals surface area contributed by atoms with Crippen LogP contribution in [0.5, 0.6) is 0 Å².